The third-order valence-corrected chi connectivity index (χ3v) is 2.22. The van der Waals surface area contributed by atoms with Gasteiger partial charge in [-0.1, -0.05) is 6.07 Å². The molecule has 0 bridgehead atoms. The summed E-state index contributed by atoms with van der Waals surface area (Å²) in [5.74, 6) is 1.14. The van der Waals surface area contributed by atoms with Crippen LogP contribution in [0.4, 0.5) is 4.39 Å². The van der Waals surface area contributed by atoms with Crippen molar-refractivity contribution in [2.24, 2.45) is 0 Å². The van der Waals surface area contributed by atoms with Gasteiger partial charge in [0.15, 0.2) is 0 Å². The van der Waals surface area contributed by atoms with Gasteiger partial charge in [-0.3, -0.25) is 0 Å². The molecule has 90 valence electrons. The molecule has 3 nitrogen and oxygen atoms in total. The Morgan fingerprint density at radius 1 is 1.24 bits per heavy atom. The SMILES string of the molecule is Fc1cccc(OCCNCc2ccco2)c1. The first kappa shape index (κ1) is 11.7. The summed E-state index contributed by atoms with van der Waals surface area (Å²) in [6.45, 7) is 1.83. The molecule has 0 spiro atoms. The second kappa shape index (κ2) is 6.06. The standard InChI is InChI=1S/C13H14FNO2/c14-11-3-1-4-12(9-11)17-8-6-15-10-13-5-2-7-16-13/h1-5,7,9,15H,6,8,10H2. The van der Waals surface area contributed by atoms with Crippen molar-refractivity contribution in [1.82, 2.24) is 5.32 Å². The fourth-order valence-corrected chi connectivity index (χ4v) is 1.42. The van der Waals surface area contributed by atoms with Crippen LogP contribution in [0, 0.1) is 5.82 Å². The number of hydrogen-bond donors (Lipinski definition) is 1. The van der Waals surface area contributed by atoms with Crippen molar-refractivity contribution in [3.63, 3.8) is 0 Å². The molecule has 0 amide bonds. The summed E-state index contributed by atoms with van der Waals surface area (Å²) in [6, 6.07) is 9.87. The summed E-state index contributed by atoms with van der Waals surface area (Å²) >= 11 is 0. The van der Waals surface area contributed by atoms with E-state index in [-0.39, 0.29) is 5.82 Å². The Balaban J connectivity index is 1.63. The number of hydrogen-bond acceptors (Lipinski definition) is 3. The van der Waals surface area contributed by atoms with Gasteiger partial charge in [0.05, 0.1) is 12.8 Å². The Hall–Kier alpha value is -1.81. The molecule has 0 radical (unpaired) electrons. The number of furan rings is 1. The Bertz CT molecular complexity index is 442. The van der Waals surface area contributed by atoms with Crippen molar-refractivity contribution < 1.29 is 13.5 Å². The van der Waals surface area contributed by atoms with Gasteiger partial charge >= 0.3 is 0 Å². The third kappa shape index (κ3) is 3.92. The number of ether oxygens (including phenoxy) is 1. The summed E-state index contributed by atoms with van der Waals surface area (Å²) in [6.07, 6.45) is 1.64. The maximum Gasteiger partial charge on any atom is 0.126 e. The minimum Gasteiger partial charge on any atom is -0.492 e. The van der Waals surface area contributed by atoms with Gasteiger partial charge in [-0.2, -0.15) is 0 Å². The maximum absolute atomic E-state index is 12.8. The Labute approximate surface area is 99.2 Å². The van der Waals surface area contributed by atoms with Gasteiger partial charge in [0, 0.05) is 12.6 Å². The van der Waals surface area contributed by atoms with Gasteiger partial charge in [-0.05, 0) is 24.3 Å². The van der Waals surface area contributed by atoms with E-state index in [1.807, 2.05) is 12.1 Å². The number of nitrogens with one attached hydrogen (secondary N) is 1. The second-order valence-electron chi connectivity index (χ2n) is 3.56. The maximum atomic E-state index is 12.8. The molecule has 1 heterocycles. The zero-order chi connectivity index (χ0) is 11.9. The van der Waals surface area contributed by atoms with E-state index in [0.717, 1.165) is 5.76 Å². The normalized spacial score (nSPS) is 10.4. The third-order valence-electron chi connectivity index (χ3n) is 2.22. The summed E-state index contributed by atoms with van der Waals surface area (Å²) in [7, 11) is 0. The van der Waals surface area contributed by atoms with Gasteiger partial charge in [0.2, 0.25) is 0 Å². The topological polar surface area (TPSA) is 34.4 Å². The van der Waals surface area contributed by atoms with Gasteiger partial charge in [0.1, 0.15) is 23.9 Å². The predicted molar refractivity (Wildman–Crippen MR) is 62.3 cm³/mol. The zero-order valence-corrected chi connectivity index (χ0v) is 9.36. The molecule has 2 aromatic rings. The van der Waals surface area contributed by atoms with E-state index >= 15 is 0 Å². The molecule has 4 heteroatoms. The monoisotopic (exact) mass is 235 g/mol. The lowest BCUT2D eigenvalue weighted by Crippen LogP contribution is -2.20. The largest absolute Gasteiger partial charge is 0.492 e. The van der Waals surface area contributed by atoms with Crippen LogP contribution < -0.4 is 10.1 Å². The number of rotatable bonds is 6. The lowest BCUT2D eigenvalue weighted by Gasteiger charge is -2.06. The molecule has 1 aromatic heterocycles. The quantitative estimate of drug-likeness (QED) is 0.781. The van der Waals surface area contributed by atoms with Crippen LogP contribution in [-0.4, -0.2) is 13.2 Å². The molecular weight excluding hydrogens is 221 g/mol. The van der Waals surface area contributed by atoms with Crippen molar-refractivity contribution >= 4 is 0 Å². The van der Waals surface area contributed by atoms with Crippen molar-refractivity contribution in [1.29, 1.82) is 0 Å². The van der Waals surface area contributed by atoms with E-state index < -0.39 is 0 Å². The van der Waals surface area contributed by atoms with Crippen molar-refractivity contribution in [3.05, 3.63) is 54.2 Å². The van der Waals surface area contributed by atoms with Gasteiger partial charge in [-0.25, -0.2) is 4.39 Å². The highest BCUT2D eigenvalue weighted by atomic mass is 19.1. The molecule has 0 saturated heterocycles. The molecule has 1 aromatic carbocycles. The van der Waals surface area contributed by atoms with E-state index in [4.69, 9.17) is 9.15 Å². The lowest BCUT2D eigenvalue weighted by molar-refractivity contribution is 0.309. The van der Waals surface area contributed by atoms with Crippen LogP contribution in [0.3, 0.4) is 0 Å². The average Bonchev–Trinajstić information content (AvgIpc) is 2.82. The molecule has 0 aliphatic heterocycles. The Morgan fingerprint density at radius 3 is 2.94 bits per heavy atom. The predicted octanol–water partition coefficient (Wildman–Crippen LogP) is 2.59. The second-order valence-corrected chi connectivity index (χ2v) is 3.56. The van der Waals surface area contributed by atoms with Crippen LogP contribution in [0.25, 0.3) is 0 Å². The molecule has 0 aliphatic rings. The highest BCUT2D eigenvalue weighted by Crippen LogP contribution is 2.11. The number of halogens is 1. The van der Waals surface area contributed by atoms with Crippen molar-refractivity contribution in [2.75, 3.05) is 13.2 Å². The molecular formula is C13H14FNO2. The smallest absolute Gasteiger partial charge is 0.126 e. The number of benzene rings is 1. The molecule has 0 aliphatic carbocycles. The summed E-state index contributed by atoms with van der Waals surface area (Å²) in [4.78, 5) is 0. The Kier molecular flexibility index (Phi) is 4.16. The van der Waals surface area contributed by atoms with E-state index in [1.165, 1.54) is 12.1 Å². The van der Waals surface area contributed by atoms with Gasteiger partial charge in [0.25, 0.3) is 0 Å². The molecule has 17 heavy (non-hydrogen) atoms. The van der Waals surface area contributed by atoms with E-state index in [0.29, 0.717) is 25.4 Å². The van der Waals surface area contributed by atoms with Crippen LogP contribution in [0.2, 0.25) is 0 Å². The lowest BCUT2D eigenvalue weighted by atomic mass is 10.3. The molecule has 0 saturated carbocycles. The first-order chi connectivity index (χ1) is 8.34. The molecule has 1 N–H and O–H groups in total. The molecule has 0 fully saturated rings. The van der Waals surface area contributed by atoms with Crippen LogP contribution in [-0.2, 0) is 6.54 Å². The van der Waals surface area contributed by atoms with Crippen LogP contribution in [0.15, 0.2) is 47.1 Å². The first-order valence-corrected chi connectivity index (χ1v) is 5.46. The fraction of sp³-hybridized carbons (Fsp3) is 0.231. The molecule has 0 atom stereocenters. The first-order valence-electron chi connectivity index (χ1n) is 5.46. The van der Waals surface area contributed by atoms with Crippen LogP contribution >= 0.6 is 0 Å². The van der Waals surface area contributed by atoms with Crippen LogP contribution in [0.1, 0.15) is 5.76 Å². The Morgan fingerprint density at radius 2 is 2.18 bits per heavy atom. The highest BCUT2D eigenvalue weighted by Gasteiger charge is 1.97. The van der Waals surface area contributed by atoms with Crippen LogP contribution in [0.5, 0.6) is 5.75 Å². The summed E-state index contributed by atoms with van der Waals surface area (Å²) < 4.78 is 23.4. The summed E-state index contributed by atoms with van der Waals surface area (Å²) in [5.41, 5.74) is 0. The fourth-order valence-electron chi connectivity index (χ4n) is 1.42. The highest BCUT2D eigenvalue weighted by molar-refractivity contribution is 5.22. The van der Waals surface area contributed by atoms with Crippen molar-refractivity contribution in [2.45, 2.75) is 6.54 Å². The minimum absolute atomic E-state index is 0.286. The minimum atomic E-state index is -0.286. The van der Waals surface area contributed by atoms with Gasteiger partial charge < -0.3 is 14.5 Å². The van der Waals surface area contributed by atoms with E-state index in [1.54, 1.807) is 18.4 Å². The van der Waals surface area contributed by atoms with E-state index in [9.17, 15) is 4.39 Å². The average molecular weight is 235 g/mol. The molecule has 0 unspecified atom stereocenters. The van der Waals surface area contributed by atoms with Gasteiger partial charge in [-0.15, -0.1) is 0 Å². The zero-order valence-electron chi connectivity index (χ0n) is 9.36. The summed E-state index contributed by atoms with van der Waals surface area (Å²) in [5, 5.41) is 3.16. The van der Waals surface area contributed by atoms with E-state index in [2.05, 4.69) is 5.32 Å². The van der Waals surface area contributed by atoms with Crippen molar-refractivity contribution in [3.8, 4) is 5.75 Å². The molecule has 2 rings (SSSR count).